The number of nitrogens with one attached hydrogen (secondary N) is 1. The van der Waals surface area contributed by atoms with Crippen molar-refractivity contribution in [3.05, 3.63) is 40.4 Å². The fourth-order valence-electron chi connectivity index (χ4n) is 2.59. The van der Waals surface area contributed by atoms with E-state index in [9.17, 15) is 8.42 Å². The molecule has 0 spiro atoms. The van der Waals surface area contributed by atoms with E-state index in [-0.39, 0.29) is 10.9 Å². The zero-order chi connectivity index (χ0) is 16.4. The third kappa shape index (κ3) is 3.85. The number of nitrogens with zero attached hydrogens (tertiary/aromatic N) is 2. The molecule has 1 aliphatic rings. The molecule has 0 unspecified atom stereocenters. The van der Waals surface area contributed by atoms with Crippen LogP contribution in [0.5, 0.6) is 0 Å². The van der Waals surface area contributed by atoms with Gasteiger partial charge in [0.15, 0.2) is 5.13 Å². The summed E-state index contributed by atoms with van der Waals surface area (Å²) in [5.41, 5.74) is 0.863. The second-order valence-corrected chi connectivity index (χ2v) is 8.60. The molecule has 0 amide bonds. The van der Waals surface area contributed by atoms with Crippen molar-refractivity contribution in [1.82, 2.24) is 9.71 Å². The normalized spacial score (nSPS) is 16.7. The summed E-state index contributed by atoms with van der Waals surface area (Å²) in [7, 11) is -3.54. The van der Waals surface area contributed by atoms with Crippen molar-refractivity contribution in [1.29, 1.82) is 0 Å². The molecule has 124 valence electrons. The number of rotatable bonds is 4. The molecule has 2 heterocycles. The summed E-state index contributed by atoms with van der Waals surface area (Å²) in [4.78, 5) is 6.71. The molecular weight excluding hydrogens is 354 g/mol. The lowest BCUT2D eigenvalue weighted by Crippen LogP contribution is -2.44. The average molecular weight is 372 g/mol. The van der Waals surface area contributed by atoms with Crippen LogP contribution in [0.1, 0.15) is 18.4 Å². The van der Waals surface area contributed by atoms with E-state index in [4.69, 9.17) is 11.6 Å². The van der Waals surface area contributed by atoms with E-state index in [1.54, 1.807) is 29.7 Å². The number of halogens is 1. The van der Waals surface area contributed by atoms with Gasteiger partial charge in [0.05, 0.1) is 4.90 Å². The largest absolute Gasteiger partial charge is 0.348 e. The van der Waals surface area contributed by atoms with Gasteiger partial charge in [-0.2, -0.15) is 0 Å². The standard InChI is InChI=1S/C15H18ClN3O2S2/c1-11-2-3-13(10-14(11)16)23(20,21)18-12-4-7-19(8-5-12)15-17-6-9-22-15/h2-3,6,9-10,12,18H,4-5,7-8H2,1H3. The van der Waals surface area contributed by atoms with Gasteiger partial charge in [-0.1, -0.05) is 17.7 Å². The maximum absolute atomic E-state index is 12.5. The molecule has 0 bridgehead atoms. The number of aromatic nitrogens is 1. The van der Waals surface area contributed by atoms with Crippen LogP contribution in [0.25, 0.3) is 0 Å². The van der Waals surface area contributed by atoms with Gasteiger partial charge in [-0.3, -0.25) is 0 Å². The van der Waals surface area contributed by atoms with Crippen molar-refractivity contribution in [2.45, 2.75) is 30.7 Å². The molecule has 0 atom stereocenters. The minimum absolute atomic E-state index is 0.0590. The van der Waals surface area contributed by atoms with Crippen LogP contribution >= 0.6 is 22.9 Å². The van der Waals surface area contributed by atoms with Crippen LogP contribution in [-0.4, -0.2) is 32.5 Å². The molecule has 0 saturated carbocycles. The van der Waals surface area contributed by atoms with Gasteiger partial charge in [-0.05, 0) is 37.5 Å². The van der Waals surface area contributed by atoms with E-state index >= 15 is 0 Å². The monoisotopic (exact) mass is 371 g/mol. The Hall–Kier alpha value is -1.15. The summed E-state index contributed by atoms with van der Waals surface area (Å²) in [5.74, 6) is 0. The Bertz CT molecular complexity index is 770. The Kier molecular flexibility index (Phi) is 4.91. The highest BCUT2D eigenvalue weighted by molar-refractivity contribution is 7.89. The van der Waals surface area contributed by atoms with Crippen LogP contribution < -0.4 is 9.62 Å². The SMILES string of the molecule is Cc1ccc(S(=O)(=O)NC2CCN(c3nccs3)CC2)cc1Cl. The van der Waals surface area contributed by atoms with E-state index in [1.165, 1.54) is 6.07 Å². The average Bonchev–Trinajstić information content (AvgIpc) is 3.04. The first-order valence-corrected chi connectivity index (χ1v) is 10.1. The van der Waals surface area contributed by atoms with Crippen molar-refractivity contribution in [2.75, 3.05) is 18.0 Å². The van der Waals surface area contributed by atoms with Crippen LogP contribution in [0.4, 0.5) is 5.13 Å². The van der Waals surface area contributed by atoms with E-state index in [1.807, 2.05) is 12.3 Å². The number of hydrogen-bond acceptors (Lipinski definition) is 5. The number of hydrogen-bond donors (Lipinski definition) is 1. The van der Waals surface area contributed by atoms with Gasteiger partial charge in [0.2, 0.25) is 10.0 Å². The Morgan fingerprint density at radius 2 is 2.09 bits per heavy atom. The molecule has 8 heteroatoms. The number of anilines is 1. The number of benzene rings is 1. The van der Waals surface area contributed by atoms with E-state index < -0.39 is 10.0 Å². The minimum atomic E-state index is -3.54. The molecule has 23 heavy (non-hydrogen) atoms. The summed E-state index contributed by atoms with van der Waals surface area (Å²) in [6, 6.07) is 4.76. The summed E-state index contributed by atoms with van der Waals surface area (Å²) in [6.07, 6.45) is 3.31. The maximum Gasteiger partial charge on any atom is 0.240 e. The van der Waals surface area contributed by atoms with Crippen molar-refractivity contribution in [3.63, 3.8) is 0 Å². The highest BCUT2D eigenvalue weighted by Crippen LogP contribution is 2.24. The summed E-state index contributed by atoms with van der Waals surface area (Å²) in [5, 5.41) is 3.41. The van der Waals surface area contributed by atoms with Crippen molar-refractivity contribution >= 4 is 38.1 Å². The molecule has 0 aliphatic carbocycles. The number of sulfonamides is 1. The van der Waals surface area contributed by atoms with Gasteiger partial charge < -0.3 is 4.90 Å². The zero-order valence-electron chi connectivity index (χ0n) is 12.7. The molecule has 1 aromatic heterocycles. The summed E-state index contributed by atoms with van der Waals surface area (Å²) in [6.45, 7) is 3.45. The molecular formula is C15H18ClN3O2S2. The zero-order valence-corrected chi connectivity index (χ0v) is 15.1. The van der Waals surface area contributed by atoms with Crippen LogP contribution in [0, 0.1) is 6.92 Å². The second kappa shape index (κ2) is 6.76. The first-order valence-electron chi connectivity index (χ1n) is 7.38. The van der Waals surface area contributed by atoms with Gasteiger partial charge in [-0.15, -0.1) is 11.3 Å². The highest BCUT2D eigenvalue weighted by atomic mass is 35.5. The summed E-state index contributed by atoms with van der Waals surface area (Å²) < 4.78 is 27.8. The van der Waals surface area contributed by atoms with Gasteiger partial charge in [0.25, 0.3) is 0 Å². The van der Waals surface area contributed by atoms with Gasteiger partial charge in [0.1, 0.15) is 0 Å². The molecule has 1 aliphatic heterocycles. The third-order valence-corrected chi connectivity index (χ3v) is 6.72. The highest BCUT2D eigenvalue weighted by Gasteiger charge is 2.25. The molecule has 5 nitrogen and oxygen atoms in total. The van der Waals surface area contributed by atoms with Crippen LogP contribution in [-0.2, 0) is 10.0 Å². The van der Waals surface area contributed by atoms with Crippen LogP contribution in [0.3, 0.4) is 0 Å². The predicted octanol–water partition coefficient (Wildman–Crippen LogP) is 3.05. The van der Waals surface area contributed by atoms with E-state index in [0.29, 0.717) is 5.02 Å². The van der Waals surface area contributed by atoms with Crippen LogP contribution in [0.2, 0.25) is 5.02 Å². The lowest BCUT2D eigenvalue weighted by Gasteiger charge is -2.31. The van der Waals surface area contributed by atoms with E-state index in [0.717, 1.165) is 36.6 Å². The Morgan fingerprint density at radius 3 is 2.70 bits per heavy atom. The van der Waals surface area contributed by atoms with Crippen molar-refractivity contribution in [3.8, 4) is 0 Å². The van der Waals surface area contributed by atoms with Gasteiger partial charge in [-0.25, -0.2) is 18.1 Å². The predicted molar refractivity (Wildman–Crippen MR) is 93.9 cm³/mol. The summed E-state index contributed by atoms with van der Waals surface area (Å²) >= 11 is 7.64. The van der Waals surface area contributed by atoms with E-state index in [2.05, 4.69) is 14.6 Å². The third-order valence-electron chi connectivity index (χ3n) is 3.96. The fraction of sp³-hybridized carbons (Fsp3) is 0.400. The second-order valence-electron chi connectivity index (χ2n) is 5.61. The van der Waals surface area contributed by atoms with Crippen molar-refractivity contribution < 1.29 is 8.42 Å². The molecule has 1 aromatic carbocycles. The molecule has 1 N–H and O–H groups in total. The molecule has 3 rings (SSSR count). The van der Waals surface area contributed by atoms with Crippen molar-refractivity contribution in [2.24, 2.45) is 0 Å². The van der Waals surface area contributed by atoms with Crippen LogP contribution in [0.15, 0.2) is 34.7 Å². The quantitative estimate of drug-likeness (QED) is 0.897. The Morgan fingerprint density at radius 1 is 1.35 bits per heavy atom. The Labute approximate surface area is 145 Å². The van der Waals surface area contributed by atoms with Gasteiger partial charge >= 0.3 is 0 Å². The molecule has 0 radical (unpaired) electrons. The number of aryl methyl sites for hydroxylation is 1. The number of piperidine rings is 1. The topological polar surface area (TPSA) is 62.3 Å². The minimum Gasteiger partial charge on any atom is -0.348 e. The molecule has 2 aromatic rings. The van der Waals surface area contributed by atoms with Gasteiger partial charge in [0, 0.05) is 35.7 Å². The maximum atomic E-state index is 12.5. The smallest absolute Gasteiger partial charge is 0.240 e. The lowest BCUT2D eigenvalue weighted by molar-refractivity contribution is 0.460. The first kappa shape index (κ1) is 16.7. The number of thiazole rings is 1. The first-order chi connectivity index (χ1) is 11.0. The lowest BCUT2D eigenvalue weighted by atomic mass is 10.1. The Balaban J connectivity index is 1.64. The fourth-order valence-corrected chi connectivity index (χ4v) is 4.86. The molecule has 1 saturated heterocycles. The molecule has 1 fully saturated rings.